The molecule has 1 amide bonds. The molecule has 0 radical (unpaired) electrons. The third-order valence-corrected chi connectivity index (χ3v) is 6.10. The maximum absolute atomic E-state index is 12.0. The van der Waals surface area contributed by atoms with Crippen LogP contribution < -0.4 is 9.47 Å². The van der Waals surface area contributed by atoms with Crippen molar-refractivity contribution in [3.8, 4) is 11.5 Å². The fourth-order valence-corrected chi connectivity index (χ4v) is 4.21. The van der Waals surface area contributed by atoms with Crippen LogP contribution in [0.15, 0.2) is 18.2 Å². The molecule has 2 saturated heterocycles. The molecule has 0 atom stereocenters. The number of methoxy groups -OCH3 is 2. The Morgan fingerprint density at radius 1 is 1.00 bits per heavy atom. The minimum atomic E-state index is 0.304. The third-order valence-electron chi connectivity index (χ3n) is 6.10. The molecule has 2 aliphatic rings. The first kappa shape index (κ1) is 18.1. The molecule has 0 aromatic heterocycles. The number of benzene rings is 1. The molecule has 2 fully saturated rings. The van der Waals surface area contributed by atoms with Crippen molar-refractivity contribution in [3.63, 3.8) is 0 Å². The Labute approximate surface area is 150 Å². The molecule has 0 bridgehead atoms. The van der Waals surface area contributed by atoms with Crippen LogP contribution in [-0.4, -0.2) is 56.6 Å². The molecule has 1 aromatic carbocycles. The summed E-state index contributed by atoms with van der Waals surface area (Å²) in [5.74, 6) is 2.08. The monoisotopic (exact) mass is 346 g/mol. The lowest BCUT2D eigenvalue weighted by Crippen LogP contribution is -2.40. The van der Waals surface area contributed by atoms with E-state index < -0.39 is 0 Å². The largest absolute Gasteiger partial charge is 0.496 e. The van der Waals surface area contributed by atoms with E-state index in [4.69, 9.17) is 9.47 Å². The van der Waals surface area contributed by atoms with Crippen LogP contribution in [0.1, 0.15) is 37.7 Å². The Hall–Kier alpha value is -1.75. The molecule has 25 heavy (non-hydrogen) atoms. The molecule has 0 N–H and O–H groups in total. The van der Waals surface area contributed by atoms with Gasteiger partial charge in [0.05, 0.1) is 19.8 Å². The number of likely N-dealkylation sites (tertiary alicyclic amines) is 2. The summed E-state index contributed by atoms with van der Waals surface area (Å²) in [6.45, 7) is 3.89. The van der Waals surface area contributed by atoms with Crippen LogP contribution in [0, 0.1) is 5.41 Å². The van der Waals surface area contributed by atoms with Gasteiger partial charge in [-0.2, -0.15) is 0 Å². The molecule has 1 spiro atoms. The predicted molar refractivity (Wildman–Crippen MR) is 98.0 cm³/mol. The van der Waals surface area contributed by atoms with E-state index in [9.17, 15) is 4.79 Å². The highest BCUT2D eigenvalue weighted by Crippen LogP contribution is 2.42. The topological polar surface area (TPSA) is 42.0 Å². The van der Waals surface area contributed by atoms with E-state index in [0.29, 0.717) is 17.7 Å². The number of piperidine rings is 1. The minimum absolute atomic E-state index is 0.304. The van der Waals surface area contributed by atoms with Crippen LogP contribution in [0.2, 0.25) is 0 Å². The smallest absolute Gasteiger partial charge is 0.222 e. The maximum Gasteiger partial charge on any atom is 0.222 e. The molecule has 2 aliphatic heterocycles. The number of ether oxygens (including phenoxy) is 2. The zero-order valence-corrected chi connectivity index (χ0v) is 15.7. The number of hydrogen-bond acceptors (Lipinski definition) is 4. The highest BCUT2D eigenvalue weighted by Gasteiger charge is 2.37. The Bertz CT molecular complexity index is 587. The Kier molecular flexibility index (Phi) is 5.52. The van der Waals surface area contributed by atoms with Crippen molar-refractivity contribution < 1.29 is 14.3 Å². The Morgan fingerprint density at radius 3 is 2.20 bits per heavy atom. The summed E-state index contributed by atoms with van der Waals surface area (Å²) >= 11 is 0. The van der Waals surface area contributed by atoms with Crippen LogP contribution >= 0.6 is 0 Å². The molecule has 0 saturated carbocycles. The van der Waals surface area contributed by atoms with E-state index >= 15 is 0 Å². The standard InChI is InChI=1S/C20H30N2O3/c1-21-12-9-20(8-7-19(21)23)10-13-22(14-11-20)15-16-17(24-2)5-4-6-18(16)25-3/h4-6H,7-15H2,1-3H3. The first-order valence-corrected chi connectivity index (χ1v) is 9.23. The van der Waals surface area contributed by atoms with Crippen LogP contribution in [0.4, 0.5) is 0 Å². The third kappa shape index (κ3) is 3.92. The molecule has 0 unspecified atom stereocenters. The zero-order valence-electron chi connectivity index (χ0n) is 15.7. The number of amides is 1. The van der Waals surface area contributed by atoms with E-state index in [1.165, 1.54) is 12.8 Å². The summed E-state index contributed by atoms with van der Waals surface area (Å²) in [5, 5.41) is 0. The summed E-state index contributed by atoms with van der Waals surface area (Å²) in [6, 6.07) is 5.96. The van der Waals surface area contributed by atoms with Crippen LogP contribution in [0.3, 0.4) is 0 Å². The molecule has 3 rings (SSSR count). The van der Waals surface area contributed by atoms with E-state index in [1.54, 1.807) is 14.2 Å². The van der Waals surface area contributed by atoms with Crippen molar-refractivity contribution in [2.24, 2.45) is 5.41 Å². The lowest BCUT2D eigenvalue weighted by atomic mass is 9.73. The Morgan fingerprint density at radius 2 is 1.60 bits per heavy atom. The van der Waals surface area contributed by atoms with Gasteiger partial charge in [0.1, 0.15) is 11.5 Å². The molecule has 5 heteroatoms. The molecule has 138 valence electrons. The average Bonchev–Trinajstić information content (AvgIpc) is 2.78. The predicted octanol–water partition coefficient (Wildman–Crippen LogP) is 2.93. The van der Waals surface area contributed by atoms with Gasteiger partial charge in [-0.05, 0) is 56.3 Å². The van der Waals surface area contributed by atoms with Gasteiger partial charge in [0, 0.05) is 26.6 Å². The van der Waals surface area contributed by atoms with Crippen LogP contribution in [-0.2, 0) is 11.3 Å². The van der Waals surface area contributed by atoms with Gasteiger partial charge < -0.3 is 14.4 Å². The molecule has 1 aromatic rings. The van der Waals surface area contributed by atoms with Crippen molar-refractivity contribution in [1.29, 1.82) is 0 Å². The van der Waals surface area contributed by atoms with E-state index in [1.807, 2.05) is 30.1 Å². The molecular weight excluding hydrogens is 316 g/mol. The molecular formula is C20H30N2O3. The van der Waals surface area contributed by atoms with Gasteiger partial charge in [-0.15, -0.1) is 0 Å². The van der Waals surface area contributed by atoms with E-state index in [0.717, 1.165) is 56.1 Å². The van der Waals surface area contributed by atoms with Crippen molar-refractivity contribution >= 4 is 5.91 Å². The van der Waals surface area contributed by atoms with Gasteiger partial charge >= 0.3 is 0 Å². The van der Waals surface area contributed by atoms with Gasteiger partial charge in [-0.25, -0.2) is 0 Å². The van der Waals surface area contributed by atoms with Crippen molar-refractivity contribution in [2.45, 2.75) is 38.6 Å². The fourth-order valence-electron chi connectivity index (χ4n) is 4.21. The second-order valence-electron chi connectivity index (χ2n) is 7.48. The quantitative estimate of drug-likeness (QED) is 0.841. The number of carbonyl (C=O) groups excluding carboxylic acids is 1. The number of rotatable bonds is 4. The summed E-state index contributed by atoms with van der Waals surface area (Å²) in [6.07, 6.45) is 5.23. The minimum Gasteiger partial charge on any atom is -0.496 e. The molecule has 2 heterocycles. The maximum atomic E-state index is 12.0. The summed E-state index contributed by atoms with van der Waals surface area (Å²) < 4.78 is 11.1. The highest BCUT2D eigenvalue weighted by molar-refractivity contribution is 5.76. The summed E-state index contributed by atoms with van der Waals surface area (Å²) in [7, 11) is 5.36. The normalized spacial score (nSPS) is 21.2. The second kappa shape index (κ2) is 7.65. The second-order valence-corrected chi connectivity index (χ2v) is 7.48. The van der Waals surface area contributed by atoms with E-state index in [2.05, 4.69) is 4.90 Å². The average molecular weight is 346 g/mol. The highest BCUT2D eigenvalue weighted by atomic mass is 16.5. The molecule has 5 nitrogen and oxygen atoms in total. The molecule has 0 aliphatic carbocycles. The van der Waals surface area contributed by atoms with Crippen molar-refractivity contribution in [1.82, 2.24) is 9.80 Å². The summed E-state index contributed by atoms with van der Waals surface area (Å²) in [5.41, 5.74) is 1.47. The fraction of sp³-hybridized carbons (Fsp3) is 0.650. The first-order chi connectivity index (χ1) is 12.1. The lowest BCUT2D eigenvalue weighted by Gasteiger charge is -2.41. The van der Waals surface area contributed by atoms with Gasteiger partial charge in [-0.1, -0.05) is 6.07 Å². The van der Waals surface area contributed by atoms with Gasteiger partial charge in [0.2, 0.25) is 5.91 Å². The zero-order chi connectivity index (χ0) is 17.9. The van der Waals surface area contributed by atoms with Crippen LogP contribution in [0.5, 0.6) is 11.5 Å². The SMILES string of the molecule is COc1cccc(OC)c1CN1CCC2(CCC(=O)N(C)CC2)CC1. The number of hydrogen-bond donors (Lipinski definition) is 0. The van der Waals surface area contributed by atoms with Gasteiger partial charge in [-0.3, -0.25) is 9.69 Å². The van der Waals surface area contributed by atoms with Crippen LogP contribution in [0.25, 0.3) is 0 Å². The van der Waals surface area contributed by atoms with Crippen molar-refractivity contribution in [3.05, 3.63) is 23.8 Å². The van der Waals surface area contributed by atoms with Crippen molar-refractivity contribution in [2.75, 3.05) is 40.9 Å². The number of carbonyl (C=O) groups is 1. The lowest BCUT2D eigenvalue weighted by molar-refractivity contribution is -0.129. The van der Waals surface area contributed by atoms with Gasteiger partial charge in [0.25, 0.3) is 0 Å². The van der Waals surface area contributed by atoms with Gasteiger partial charge in [0.15, 0.2) is 0 Å². The Balaban J connectivity index is 1.64. The number of nitrogens with zero attached hydrogens (tertiary/aromatic N) is 2. The first-order valence-electron chi connectivity index (χ1n) is 9.23. The summed E-state index contributed by atoms with van der Waals surface area (Å²) in [4.78, 5) is 16.4. The van der Waals surface area contributed by atoms with E-state index in [-0.39, 0.29) is 0 Å².